The summed E-state index contributed by atoms with van der Waals surface area (Å²) in [6.45, 7) is 3.48. The van der Waals surface area contributed by atoms with Crippen LogP contribution in [-0.4, -0.2) is 16.8 Å². The fourth-order valence-corrected chi connectivity index (χ4v) is 4.17. The van der Waals surface area contributed by atoms with Crippen LogP contribution in [0.2, 0.25) is 0 Å². The number of amides is 2. The van der Waals surface area contributed by atoms with Crippen LogP contribution in [0.1, 0.15) is 37.0 Å². The Bertz CT molecular complexity index is 1350. The van der Waals surface area contributed by atoms with Crippen molar-refractivity contribution in [1.29, 1.82) is 0 Å². The van der Waals surface area contributed by atoms with Crippen LogP contribution < -0.4 is 15.4 Å². The first-order valence-corrected chi connectivity index (χ1v) is 12.4. The number of anilines is 2. The predicted molar refractivity (Wildman–Crippen MR) is 148 cm³/mol. The summed E-state index contributed by atoms with van der Waals surface area (Å²) in [7, 11) is 0. The number of hydrogen-bond donors (Lipinski definition) is 2. The number of aromatic nitrogens is 1. The van der Waals surface area contributed by atoms with Crippen LogP contribution in [0.4, 0.5) is 11.5 Å². The van der Waals surface area contributed by atoms with Gasteiger partial charge < -0.3 is 15.4 Å². The molecule has 1 heterocycles. The summed E-state index contributed by atoms with van der Waals surface area (Å²) in [6.07, 6.45) is 4.31. The van der Waals surface area contributed by atoms with E-state index in [9.17, 15) is 9.59 Å². The Morgan fingerprint density at radius 1 is 0.784 bits per heavy atom. The lowest BCUT2D eigenvalue weighted by Gasteiger charge is -2.14. The first kappa shape index (κ1) is 25.6. The zero-order chi connectivity index (χ0) is 26.0. The fraction of sp³-hybridized carbons (Fsp3) is 0.194. The molecule has 0 unspecified atom stereocenters. The van der Waals surface area contributed by atoms with E-state index in [2.05, 4.69) is 39.9 Å². The molecule has 4 rings (SSSR count). The Kier molecular flexibility index (Phi) is 8.66. The number of nitrogens with one attached hydrogen (secondary N) is 2. The van der Waals surface area contributed by atoms with E-state index in [-0.39, 0.29) is 11.8 Å². The summed E-state index contributed by atoms with van der Waals surface area (Å²) in [5.41, 5.74) is 6.05. The van der Waals surface area contributed by atoms with E-state index in [0.29, 0.717) is 12.4 Å². The molecule has 0 aliphatic rings. The van der Waals surface area contributed by atoms with Crippen molar-refractivity contribution in [1.82, 2.24) is 4.98 Å². The van der Waals surface area contributed by atoms with Crippen LogP contribution >= 0.6 is 0 Å². The number of ether oxygens (including phenoxy) is 1. The van der Waals surface area contributed by atoms with Crippen molar-refractivity contribution < 1.29 is 14.3 Å². The molecule has 3 aromatic carbocycles. The number of pyridine rings is 1. The molecule has 0 fully saturated rings. The second-order valence-electron chi connectivity index (χ2n) is 8.91. The van der Waals surface area contributed by atoms with E-state index in [1.165, 1.54) is 19.4 Å². The summed E-state index contributed by atoms with van der Waals surface area (Å²) in [5.74, 6) is 1.14. The van der Waals surface area contributed by atoms with E-state index < -0.39 is 0 Å². The lowest BCUT2D eigenvalue weighted by Crippen LogP contribution is -2.08. The van der Waals surface area contributed by atoms with Gasteiger partial charge in [0.25, 0.3) is 0 Å². The average Bonchev–Trinajstić information content (AvgIpc) is 2.89. The average molecular weight is 494 g/mol. The maximum Gasteiger partial charge on any atom is 0.222 e. The van der Waals surface area contributed by atoms with Gasteiger partial charge in [-0.2, -0.15) is 0 Å². The normalized spacial score (nSPS) is 10.5. The van der Waals surface area contributed by atoms with Crippen molar-refractivity contribution in [3.63, 3.8) is 0 Å². The number of aryl methyl sites for hydroxylation is 2. The molecule has 6 heteroatoms. The van der Waals surface area contributed by atoms with Gasteiger partial charge in [-0.3, -0.25) is 9.59 Å². The highest BCUT2D eigenvalue weighted by Gasteiger charge is 2.10. The van der Waals surface area contributed by atoms with Crippen LogP contribution in [0, 0.1) is 0 Å². The SMILES string of the molecule is CC(=O)Nc1ccc(OCc2ccccc2)c(CCCc2ccc(-c3cccnc3NC(C)=O)cc2)c1. The number of carbonyl (C=O) groups excluding carboxylic acids is 2. The van der Waals surface area contributed by atoms with Crippen molar-refractivity contribution in [2.24, 2.45) is 0 Å². The van der Waals surface area contributed by atoms with Gasteiger partial charge in [0.1, 0.15) is 18.2 Å². The molecule has 0 radical (unpaired) electrons. The van der Waals surface area contributed by atoms with Crippen LogP contribution in [-0.2, 0) is 29.0 Å². The number of rotatable bonds is 10. The number of benzene rings is 3. The standard InChI is InChI=1S/C31H31N3O3/c1-22(35)33-28-17-18-30(37-21-25-8-4-3-5-9-25)27(20-28)11-6-10-24-13-15-26(16-14-24)29-12-7-19-32-31(29)34-23(2)36/h3-5,7-9,12-20H,6,10-11,21H2,1-2H3,(H,33,35)(H,32,34,36). The Hall–Kier alpha value is -4.45. The third-order valence-corrected chi connectivity index (χ3v) is 5.90. The highest BCUT2D eigenvalue weighted by Crippen LogP contribution is 2.28. The minimum atomic E-state index is -0.147. The Balaban J connectivity index is 1.42. The molecule has 0 bridgehead atoms. The quantitative estimate of drug-likeness (QED) is 0.267. The minimum absolute atomic E-state index is 0.0979. The summed E-state index contributed by atoms with van der Waals surface area (Å²) < 4.78 is 6.14. The first-order chi connectivity index (χ1) is 18.0. The zero-order valence-electron chi connectivity index (χ0n) is 21.2. The van der Waals surface area contributed by atoms with Crippen LogP contribution in [0.15, 0.2) is 91.1 Å². The number of carbonyl (C=O) groups is 2. The molecule has 0 atom stereocenters. The van der Waals surface area contributed by atoms with Crippen molar-refractivity contribution in [2.75, 3.05) is 10.6 Å². The topological polar surface area (TPSA) is 80.3 Å². The molecule has 0 aliphatic heterocycles. The van der Waals surface area contributed by atoms with Gasteiger partial charge in [-0.05, 0) is 71.8 Å². The van der Waals surface area contributed by atoms with Crippen molar-refractivity contribution >= 4 is 23.3 Å². The van der Waals surface area contributed by atoms with Gasteiger partial charge in [-0.25, -0.2) is 4.98 Å². The van der Waals surface area contributed by atoms with E-state index in [1.54, 1.807) is 6.20 Å². The fourth-order valence-electron chi connectivity index (χ4n) is 4.17. The maximum absolute atomic E-state index is 11.6. The second kappa shape index (κ2) is 12.5. The van der Waals surface area contributed by atoms with Gasteiger partial charge in [-0.15, -0.1) is 0 Å². The minimum Gasteiger partial charge on any atom is -0.489 e. The molecule has 6 nitrogen and oxygen atoms in total. The van der Waals surface area contributed by atoms with E-state index >= 15 is 0 Å². The molecule has 2 N–H and O–H groups in total. The largest absolute Gasteiger partial charge is 0.489 e. The maximum atomic E-state index is 11.6. The zero-order valence-corrected chi connectivity index (χ0v) is 21.2. The molecule has 4 aromatic rings. The van der Waals surface area contributed by atoms with E-state index in [4.69, 9.17) is 4.74 Å². The molecule has 1 aromatic heterocycles. The molecular weight excluding hydrogens is 462 g/mol. The molecule has 0 aliphatic carbocycles. The third-order valence-electron chi connectivity index (χ3n) is 5.90. The molecule has 188 valence electrons. The molecule has 2 amide bonds. The number of hydrogen-bond acceptors (Lipinski definition) is 4. The molecule has 37 heavy (non-hydrogen) atoms. The summed E-state index contributed by atoms with van der Waals surface area (Å²) in [6, 6.07) is 28.0. The van der Waals surface area contributed by atoms with E-state index in [0.717, 1.165) is 53.0 Å². The first-order valence-electron chi connectivity index (χ1n) is 12.4. The van der Waals surface area contributed by atoms with Gasteiger partial charge in [-0.1, -0.05) is 54.6 Å². The number of nitrogens with zero attached hydrogens (tertiary/aromatic N) is 1. The van der Waals surface area contributed by atoms with Crippen molar-refractivity contribution in [3.8, 4) is 16.9 Å². The van der Waals surface area contributed by atoms with Crippen molar-refractivity contribution in [3.05, 3.63) is 108 Å². The molecule has 0 saturated carbocycles. The Morgan fingerprint density at radius 3 is 2.27 bits per heavy atom. The highest BCUT2D eigenvalue weighted by atomic mass is 16.5. The monoisotopic (exact) mass is 493 g/mol. The third kappa shape index (κ3) is 7.51. The summed E-state index contributed by atoms with van der Waals surface area (Å²) in [5, 5.41) is 5.66. The van der Waals surface area contributed by atoms with Gasteiger partial charge >= 0.3 is 0 Å². The highest BCUT2D eigenvalue weighted by molar-refractivity contribution is 5.92. The lowest BCUT2D eigenvalue weighted by molar-refractivity contribution is -0.115. The molecular formula is C31H31N3O3. The lowest BCUT2D eigenvalue weighted by atomic mass is 10.00. The smallest absolute Gasteiger partial charge is 0.222 e. The Labute approximate surface area is 217 Å². The second-order valence-corrected chi connectivity index (χ2v) is 8.91. The molecule has 0 saturated heterocycles. The Morgan fingerprint density at radius 2 is 1.54 bits per heavy atom. The van der Waals surface area contributed by atoms with Gasteiger partial charge in [0.15, 0.2) is 0 Å². The van der Waals surface area contributed by atoms with Crippen LogP contribution in [0.5, 0.6) is 5.75 Å². The van der Waals surface area contributed by atoms with E-state index in [1.807, 2.05) is 60.7 Å². The van der Waals surface area contributed by atoms with Crippen LogP contribution in [0.25, 0.3) is 11.1 Å². The van der Waals surface area contributed by atoms with Gasteiger partial charge in [0.2, 0.25) is 11.8 Å². The van der Waals surface area contributed by atoms with Gasteiger partial charge in [0.05, 0.1) is 0 Å². The summed E-state index contributed by atoms with van der Waals surface area (Å²) in [4.78, 5) is 27.4. The predicted octanol–water partition coefficient (Wildman–Crippen LogP) is 6.42. The summed E-state index contributed by atoms with van der Waals surface area (Å²) >= 11 is 0. The van der Waals surface area contributed by atoms with Gasteiger partial charge in [0, 0.05) is 31.3 Å². The van der Waals surface area contributed by atoms with Crippen molar-refractivity contribution in [2.45, 2.75) is 39.7 Å². The van der Waals surface area contributed by atoms with Crippen LogP contribution in [0.3, 0.4) is 0 Å². The molecule has 0 spiro atoms.